The maximum Gasteiger partial charge on any atom is 0.117 e. The average molecular weight is 224 g/mol. The van der Waals surface area contributed by atoms with Crippen LogP contribution in [0.4, 0.5) is 0 Å². The van der Waals surface area contributed by atoms with Crippen molar-refractivity contribution in [2.24, 2.45) is 0 Å². The van der Waals surface area contributed by atoms with E-state index in [4.69, 9.17) is 4.42 Å². The molecule has 0 saturated carbocycles. The van der Waals surface area contributed by atoms with Crippen LogP contribution in [0.1, 0.15) is 33.0 Å². The Morgan fingerprint density at radius 1 is 1.44 bits per heavy atom. The molecule has 0 amide bonds. The van der Waals surface area contributed by atoms with Crippen molar-refractivity contribution < 1.29 is 4.42 Å². The molecule has 0 aliphatic rings. The van der Waals surface area contributed by atoms with E-state index in [2.05, 4.69) is 31.0 Å². The first-order chi connectivity index (χ1) is 7.72. The van der Waals surface area contributed by atoms with E-state index in [0.717, 1.165) is 31.9 Å². The lowest BCUT2D eigenvalue weighted by Crippen LogP contribution is -2.29. The summed E-state index contributed by atoms with van der Waals surface area (Å²) in [6, 6.07) is 4.57. The summed E-state index contributed by atoms with van der Waals surface area (Å²) in [5.41, 5.74) is 0. The lowest BCUT2D eigenvalue weighted by Gasteiger charge is -2.19. The highest BCUT2D eigenvalue weighted by molar-refractivity contribution is 4.97. The molecule has 0 bridgehead atoms. The van der Waals surface area contributed by atoms with Gasteiger partial charge in [0.1, 0.15) is 5.76 Å². The highest BCUT2D eigenvalue weighted by Crippen LogP contribution is 2.05. The normalized spacial score (nSPS) is 11.6. The number of nitrogens with one attached hydrogen (secondary N) is 1. The Kier molecular flexibility index (Phi) is 6.19. The Labute approximate surface area is 98.8 Å². The fourth-order valence-corrected chi connectivity index (χ4v) is 1.67. The van der Waals surface area contributed by atoms with Gasteiger partial charge in [-0.1, -0.05) is 20.8 Å². The summed E-state index contributed by atoms with van der Waals surface area (Å²) in [6.45, 7) is 10.8. The molecule has 0 unspecified atom stereocenters. The second kappa shape index (κ2) is 7.47. The summed E-state index contributed by atoms with van der Waals surface area (Å²) < 4.78 is 5.35. The molecule has 0 aromatic carbocycles. The van der Waals surface area contributed by atoms with E-state index in [1.807, 2.05) is 12.1 Å². The van der Waals surface area contributed by atoms with Gasteiger partial charge in [0.05, 0.1) is 12.8 Å². The third kappa shape index (κ3) is 5.33. The predicted molar refractivity (Wildman–Crippen MR) is 67.4 cm³/mol. The summed E-state index contributed by atoms with van der Waals surface area (Å²) >= 11 is 0. The smallest absolute Gasteiger partial charge is 0.117 e. The Morgan fingerprint density at radius 2 is 2.25 bits per heavy atom. The maximum absolute atomic E-state index is 5.35. The van der Waals surface area contributed by atoms with Gasteiger partial charge in [0, 0.05) is 6.04 Å². The van der Waals surface area contributed by atoms with Crippen molar-refractivity contribution in [1.29, 1.82) is 0 Å². The van der Waals surface area contributed by atoms with E-state index in [9.17, 15) is 0 Å². The Balaban J connectivity index is 2.17. The van der Waals surface area contributed by atoms with Gasteiger partial charge in [-0.3, -0.25) is 4.90 Å². The molecule has 1 aromatic heterocycles. The van der Waals surface area contributed by atoms with Crippen molar-refractivity contribution in [2.45, 2.75) is 39.8 Å². The quantitative estimate of drug-likeness (QED) is 0.688. The van der Waals surface area contributed by atoms with Crippen LogP contribution in [-0.2, 0) is 6.54 Å². The van der Waals surface area contributed by atoms with Crippen LogP contribution in [0.15, 0.2) is 22.8 Å². The van der Waals surface area contributed by atoms with Crippen molar-refractivity contribution in [1.82, 2.24) is 10.2 Å². The second-order valence-electron chi connectivity index (χ2n) is 4.41. The maximum atomic E-state index is 5.35. The molecule has 16 heavy (non-hydrogen) atoms. The van der Waals surface area contributed by atoms with Gasteiger partial charge in [0.25, 0.3) is 0 Å². The van der Waals surface area contributed by atoms with Crippen LogP contribution in [0.5, 0.6) is 0 Å². The highest BCUT2D eigenvalue weighted by atomic mass is 16.3. The molecular weight excluding hydrogens is 200 g/mol. The molecule has 1 aromatic rings. The molecule has 0 aliphatic heterocycles. The van der Waals surface area contributed by atoms with Crippen LogP contribution in [-0.4, -0.2) is 30.6 Å². The predicted octanol–water partition coefficient (Wildman–Crippen LogP) is 2.49. The lowest BCUT2D eigenvalue weighted by molar-refractivity contribution is 0.251. The van der Waals surface area contributed by atoms with E-state index < -0.39 is 0 Å². The van der Waals surface area contributed by atoms with Crippen molar-refractivity contribution in [3.8, 4) is 0 Å². The van der Waals surface area contributed by atoms with E-state index in [1.54, 1.807) is 6.26 Å². The van der Waals surface area contributed by atoms with Gasteiger partial charge in [0.15, 0.2) is 0 Å². The molecule has 1 rings (SSSR count). The number of rotatable bonds is 8. The summed E-state index contributed by atoms with van der Waals surface area (Å²) in [5, 5.41) is 3.43. The summed E-state index contributed by atoms with van der Waals surface area (Å²) in [5.74, 6) is 1.05. The topological polar surface area (TPSA) is 28.4 Å². The van der Waals surface area contributed by atoms with Crippen molar-refractivity contribution in [3.05, 3.63) is 24.2 Å². The zero-order valence-corrected chi connectivity index (χ0v) is 10.7. The van der Waals surface area contributed by atoms with E-state index in [-0.39, 0.29) is 0 Å². The third-order valence-corrected chi connectivity index (χ3v) is 2.61. The van der Waals surface area contributed by atoms with Gasteiger partial charge in [-0.25, -0.2) is 0 Å². The Hall–Kier alpha value is -0.800. The number of hydrogen-bond acceptors (Lipinski definition) is 3. The highest BCUT2D eigenvalue weighted by Gasteiger charge is 2.05. The van der Waals surface area contributed by atoms with Gasteiger partial charge < -0.3 is 9.73 Å². The van der Waals surface area contributed by atoms with Crippen LogP contribution < -0.4 is 5.32 Å². The van der Waals surface area contributed by atoms with E-state index in [1.165, 1.54) is 6.42 Å². The van der Waals surface area contributed by atoms with E-state index in [0.29, 0.717) is 6.04 Å². The van der Waals surface area contributed by atoms with Gasteiger partial charge in [0.2, 0.25) is 0 Å². The molecule has 0 spiro atoms. The van der Waals surface area contributed by atoms with Gasteiger partial charge in [-0.05, 0) is 38.2 Å². The van der Waals surface area contributed by atoms with Crippen LogP contribution in [0, 0.1) is 0 Å². The first kappa shape index (κ1) is 13.3. The van der Waals surface area contributed by atoms with Crippen molar-refractivity contribution in [2.75, 3.05) is 19.6 Å². The molecule has 3 heteroatoms. The molecule has 0 radical (unpaired) electrons. The summed E-state index contributed by atoms with van der Waals surface area (Å²) in [4.78, 5) is 2.40. The minimum atomic E-state index is 0.583. The van der Waals surface area contributed by atoms with E-state index >= 15 is 0 Å². The average Bonchev–Trinajstić information content (AvgIpc) is 2.75. The van der Waals surface area contributed by atoms with Crippen LogP contribution in [0.25, 0.3) is 0 Å². The zero-order chi connectivity index (χ0) is 11.8. The van der Waals surface area contributed by atoms with Gasteiger partial charge >= 0.3 is 0 Å². The zero-order valence-electron chi connectivity index (χ0n) is 10.7. The fourth-order valence-electron chi connectivity index (χ4n) is 1.67. The molecule has 1 N–H and O–H groups in total. The van der Waals surface area contributed by atoms with Gasteiger partial charge in [-0.2, -0.15) is 0 Å². The summed E-state index contributed by atoms with van der Waals surface area (Å²) in [7, 11) is 0. The standard InChI is InChI=1S/C13H24N2O/c1-4-15(9-6-8-14-12(2)3)11-13-7-5-10-16-13/h5,7,10,12,14H,4,6,8-9,11H2,1-3H3. The van der Waals surface area contributed by atoms with Gasteiger partial charge in [-0.15, -0.1) is 0 Å². The Bertz CT molecular complexity index is 257. The molecular formula is C13H24N2O. The SMILES string of the molecule is CCN(CCCNC(C)C)Cc1ccco1. The van der Waals surface area contributed by atoms with Crippen molar-refractivity contribution in [3.63, 3.8) is 0 Å². The van der Waals surface area contributed by atoms with Crippen LogP contribution in [0.2, 0.25) is 0 Å². The minimum Gasteiger partial charge on any atom is -0.468 e. The lowest BCUT2D eigenvalue weighted by atomic mass is 10.3. The largest absolute Gasteiger partial charge is 0.468 e. The third-order valence-electron chi connectivity index (χ3n) is 2.61. The number of nitrogens with zero attached hydrogens (tertiary/aromatic N) is 1. The summed E-state index contributed by atoms with van der Waals surface area (Å²) in [6.07, 6.45) is 2.93. The molecule has 1 heterocycles. The second-order valence-corrected chi connectivity index (χ2v) is 4.41. The molecule has 0 saturated heterocycles. The minimum absolute atomic E-state index is 0.583. The van der Waals surface area contributed by atoms with Crippen LogP contribution in [0.3, 0.4) is 0 Å². The Morgan fingerprint density at radius 3 is 2.81 bits per heavy atom. The van der Waals surface area contributed by atoms with Crippen LogP contribution >= 0.6 is 0 Å². The molecule has 92 valence electrons. The first-order valence-electron chi connectivity index (χ1n) is 6.20. The monoisotopic (exact) mass is 224 g/mol. The molecule has 0 aliphatic carbocycles. The molecule has 3 nitrogen and oxygen atoms in total. The molecule has 0 atom stereocenters. The van der Waals surface area contributed by atoms with Crippen molar-refractivity contribution >= 4 is 0 Å². The number of hydrogen-bond donors (Lipinski definition) is 1. The number of furan rings is 1. The first-order valence-corrected chi connectivity index (χ1v) is 6.20. The fraction of sp³-hybridized carbons (Fsp3) is 0.692. The molecule has 0 fully saturated rings.